The van der Waals surface area contributed by atoms with Crippen molar-refractivity contribution in [1.82, 2.24) is 15.0 Å². The van der Waals surface area contributed by atoms with Gasteiger partial charge in [0, 0.05) is 53.3 Å². The average Bonchev–Trinajstić information content (AvgIpc) is 3.87. The molecule has 0 amide bonds. The van der Waals surface area contributed by atoms with Crippen LogP contribution in [-0.2, 0) is 0 Å². The molecular weight excluding hydrogens is 717 g/mol. The molecule has 268 valence electrons. The first-order chi connectivity index (χ1) is 28.2. The lowest BCUT2D eigenvalue weighted by Gasteiger charge is -2.27. The molecule has 57 heavy (non-hydrogen) atoms. The van der Waals surface area contributed by atoms with E-state index in [0.717, 1.165) is 71.3 Å². The van der Waals surface area contributed by atoms with E-state index in [9.17, 15) is 0 Å². The van der Waals surface area contributed by atoms with Crippen LogP contribution in [0.1, 0.15) is 0 Å². The zero-order chi connectivity index (χ0) is 37.7. The monoisotopic (exact) mass is 748 g/mol. The molecule has 0 saturated carbocycles. The molecule has 11 aromatic rings. The lowest BCUT2D eigenvalue weighted by atomic mass is 10.0. The molecule has 0 aliphatic heterocycles. The summed E-state index contributed by atoms with van der Waals surface area (Å²) in [5, 5.41) is 4.49. The largest absolute Gasteiger partial charge is 0.454 e. The molecule has 3 aromatic heterocycles. The van der Waals surface area contributed by atoms with Gasteiger partial charge in [0.1, 0.15) is 5.58 Å². The number of aromatic nitrogens is 3. The third kappa shape index (κ3) is 5.82. The number of benzene rings is 8. The Morgan fingerprint density at radius 1 is 0.386 bits per heavy atom. The Bertz CT molecular complexity index is 3170. The molecule has 11 rings (SSSR count). The Morgan fingerprint density at radius 2 is 0.930 bits per heavy atom. The van der Waals surface area contributed by atoms with Crippen molar-refractivity contribution >= 4 is 70.5 Å². The van der Waals surface area contributed by atoms with Crippen LogP contribution in [0.4, 0.5) is 17.1 Å². The predicted octanol–water partition coefficient (Wildman–Crippen LogP) is 14.3. The van der Waals surface area contributed by atoms with E-state index in [4.69, 9.17) is 19.4 Å². The van der Waals surface area contributed by atoms with Crippen LogP contribution < -0.4 is 4.90 Å². The number of thiophene rings is 1. The lowest BCUT2D eigenvalue weighted by molar-refractivity contribution is 0.669. The van der Waals surface area contributed by atoms with E-state index >= 15 is 0 Å². The van der Waals surface area contributed by atoms with Gasteiger partial charge in [-0.3, -0.25) is 0 Å². The zero-order valence-electron chi connectivity index (χ0n) is 30.6. The van der Waals surface area contributed by atoms with Crippen molar-refractivity contribution in [2.45, 2.75) is 0 Å². The van der Waals surface area contributed by atoms with Crippen LogP contribution in [0.5, 0.6) is 0 Å². The van der Waals surface area contributed by atoms with Gasteiger partial charge in [-0.2, -0.15) is 0 Å². The number of anilines is 3. The van der Waals surface area contributed by atoms with Gasteiger partial charge in [-0.15, -0.1) is 11.3 Å². The highest BCUT2D eigenvalue weighted by molar-refractivity contribution is 7.26. The Labute approximate surface area is 332 Å². The van der Waals surface area contributed by atoms with E-state index < -0.39 is 0 Å². The highest BCUT2D eigenvalue weighted by atomic mass is 32.1. The van der Waals surface area contributed by atoms with E-state index in [-0.39, 0.29) is 0 Å². The number of furan rings is 1. The Hall–Kier alpha value is -7.41. The van der Waals surface area contributed by atoms with Crippen molar-refractivity contribution in [3.63, 3.8) is 0 Å². The smallest absolute Gasteiger partial charge is 0.164 e. The maximum absolute atomic E-state index is 6.75. The summed E-state index contributed by atoms with van der Waals surface area (Å²) in [5.41, 5.74) is 9.68. The molecular formula is C51H32N4OS. The minimum absolute atomic E-state index is 0.602. The minimum atomic E-state index is 0.602. The van der Waals surface area contributed by atoms with E-state index in [1.807, 2.05) is 72.8 Å². The first-order valence-electron chi connectivity index (χ1n) is 18.9. The molecule has 8 aromatic carbocycles. The van der Waals surface area contributed by atoms with Crippen LogP contribution in [0.25, 0.3) is 87.4 Å². The van der Waals surface area contributed by atoms with Gasteiger partial charge in [0.15, 0.2) is 23.1 Å². The van der Waals surface area contributed by atoms with E-state index in [1.165, 1.54) is 15.6 Å². The van der Waals surface area contributed by atoms with Crippen molar-refractivity contribution in [2.24, 2.45) is 0 Å². The lowest BCUT2D eigenvalue weighted by Crippen LogP contribution is -2.11. The van der Waals surface area contributed by atoms with Crippen LogP contribution in [0.3, 0.4) is 0 Å². The molecule has 0 bridgehead atoms. The summed E-state index contributed by atoms with van der Waals surface area (Å²) in [6.07, 6.45) is 0. The fourth-order valence-corrected chi connectivity index (χ4v) is 8.99. The van der Waals surface area contributed by atoms with E-state index in [0.29, 0.717) is 17.5 Å². The molecule has 5 nitrogen and oxygen atoms in total. The van der Waals surface area contributed by atoms with E-state index in [1.54, 1.807) is 11.3 Å². The molecule has 0 saturated heterocycles. The predicted molar refractivity (Wildman–Crippen MR) is 236 cm³/mol. The van der Waals surface area contributed by atoms with Crippen LogP contribution >= 0.6 is 11.3 Å². The molecule has 0 radical (unpaired) electrons. The number of hydrogen-bond acceptors (Lipinski definition) is 6. The Balaban J connectivity index is 1.21. The van der Waals surface area contributed by atoms with Gasteiger partial charge >= 0.3 is 0 Å². The van der Waals surface area contributed by atoms with Gasteiger partial charge in [0.05, 0.1) is 11.4 Å². The van der Waals surface area contributed by atoms with Crippen molar-refractivity contribution in [3.05, 3.63) is 194 Å². The van der Waals surface area contributed by atoms with Crippen molar-refractivity contribution in [2.75, 3.05) is 4.90 Å². The summed E-state index contributed by atoms with van der Waals surface area (Å²) in [5.74, 6) is 1.85. The fraction of sp³-hybridized carbons (Fsp3) is 0. The summed E-state index contributed by atoms with van der Waals surface area (Å²) >= 11 is 1.78. The highest BCUT2D eigenvalue weighted by Gasteiger charge is 2.25. The van der Waals surface area contributed by atoms with Gasteiger partial charge in [0.2, 0.25) is 0 Å². The summed E-state index contributed by atoms with van der Waals surface area (Å²) in [4.78, 5) is 17.7. The number of fused-ring (bicyclic) bond motifs is 6. The second kappa shape index (κ2) is 13.7. The summed E-state index contributed by atoms with van der Waals surface area (Å²) in [7, 11) is 0. The molecule has 0 spiro atoms. The normalized spacial score (nSPS) is 11.5. The van der Waals surface area contributed by atoms with Gasteiger partial charge in [-0.05, 0) is 53.6 Å². The number of para-hydroxylation sites is 2. The second-order valence-electron chi connectivity index (χ2n) is 14.0. The van der Waals surface area contributed by atoms with Crippen molar-refractivity contribution in [3.8, 4) is 45.3 Å². The maximum Gasteiger partial charge on any atom is 0.164 e. The van der Waals surface area contributed by atoms with Crippen molar-refractivity contribution in [1.29, 1.82) is 0 Å². The second-order valence-corrected chi connectivity index (χ2v) is 15.1. The van der Waals surface area contributed by atoms with Crippen LogP contribution in [-0.4, -0.2) is 15.0 Å². The molecule has 0 fully saturated rings. The first-order valence-corrected chi connectivity index (χ1v) is 19.8. The molecule has 6 heteroatoms. The van der Waals surface area contributed by atoms with Gasteiger partial charge in [0.25, 0.3) is 0 Å². The molecule has 0 aliphatic carbocycles. The summed E-state index contributed by atoms with van der Waals surface area (Å²) in [6.45, 7) is 0. The van der Waals surface area contributed by atoms with Gasteiger partial charge in [-0.25, -0.2) is 15.0 Å². The highest BCUT2D eigenvalue weighted by Crippen LogP contribution is 2.49. The average molecular weight is 749 g/mol. The third-order valence-corrected chi connectivity index (χ3v) is 11.6. The summed E-state index contributed by atoms with van der Waals surface area (Å²) in [6, 6.07) is 67.4. The van der Waals surface area contributed by atoms with Crippen molar-refractivity contribution < 1.29 is 4.42 Å². The fourth-order valence-electron chi connectivity index (χ4n) is 7.83. The minimum Gasteiger partial charge on any atom is -0.454 e. The standard InChI is InChI=1S/C51H32N4OS/c1-4-15-33(16-5-1)34-27-29-38(30-28-34)55(42-24-14-23-40-39-21-10-12-25-44(39)56-48(40)42)43-31-37(32-46-47(43)41-22-11-13-26-45(41)57-46)51-53-49(35-17-6-2-7-18-35)52-50(54-51)36-19-8-3-9-20-36/h1-32H. The van der Waals surface area contributed by atoms with Crippen LogP contribution in [0.2, 0.25) is 0 Å². The quantitative estimate of drug-likeness (QED) is 0.162. The van der Waals surface area contributed by atoms with Crippen LogP contribution in [0.15, 0.2) is 199 Å². The van der Waals surface area contributed by atoms with E-state index in [2.05, 4.69) is 126 Å². The topological polar surface area (TPSA) is 55.1 Å². The maximum atomic E-state index is 6.75. The zero-order valence-corrected chi connectivity index (χ0v) is 31.4. The third-order valence-electron chi connectivity index (χ3n) is 10.5. The molecule has 0 unspecified atom stereocenters. The Morgan fingerprint density at radius 3 is 1.61 bits per heavy atom. The SMILES string of the molecule is c1ccc(-c2ccc(N(c3cccc4c3oc3ccccc34)c3cc(-c4nc(-c5ccccc5)nc(-c5ccccc5)n4)cc4sc5ccccc5c34)cc2)cc1. The first kappa shape index (κ1) is 33.0. The number of nitrogens with zero attached hydrogens (tertiary/aromatic N) is 4. The molecule has 3 heterocycles. The molecule has 0 atom stereocenters. The Kier molecular flexibility index (Phi) is 7.93. The van der Waals surface area contributed by atoms with Gasteiger partial charge in [-0.1, -0.05) is 152 Å². The van der Waals surface area contributed by atoms with Gasteiger partial charge < -0.3 is 9.32 Å². The van der Waals surface area contributed by atoms with Crippen LogP contribution in [0, 0.1) is 0 Å². The number of hydrogen-bond donors (Lipinski definition) is 0. The summed E-state index contributed by atoms with van der Waals surface area (Å²) < 4.78 is 9.09. The number of rotatable bonds is 7. The molecule has 0 aliphatic rings. The molecule has 0 N–H and O–H groups in total.